The van der Waals surface area contributed by atoms with Gasteiger partial charge in [-0.25, -0.2) is 4.79 Å². The molecule has 3 aromatic rings. The van der Waals surface area contributed by atoms with Crippen molar-refractivity contribution < 1.29 is 9.90 Å². The van der Waals surface area contributed by atoms with Crippen LogP contribution < -0.4 is 16.6 Å². The molecule has 0 aliphatic heterocycles. The Kier molecular flexibility index (Phi) is 5.03. The van der Waals surface area contributed by atoms with Crippen molar-refractivity contribution in [2.75, 3.05) is 0 Å². The van der Waals surface area contributed by atoms with Crippen molar-refractivity contribution in [1.82, 2.24) is 25.1 Å². The number of hydrogen-bond acceptors (Lipinski definition) is 5. The number of H-pyrrole nitrogens is 2. The van der Waals surface area contributed by atoms with E-state index in [1.165, 1.54) is 5.56 Å². The maximum atomic E-state index is 12.4. The highest BCUT2D eigenvalue weighted by Gasteiger charge is 2.29. The zero-order valence-electron chi connectivity index (χ0n) is 15.6. The number of hydrogen-bond donors (Lipinski definition) is 4. The van der Waals surface area contributed by atoms with Crippen molar-refractivity contribution in [3.8, 4) is 5.75 Å². The topological polar surface area (TPSA) is 133 Å². The third kappa shape index (κ3) is 4.13. The lowest BCUT2D eigenvalue weighted by Gasteiger charge is -2.13. The number of aromatic hydroxyl groups is 1. The van der Waals surface area contributed by atoms with Crippen LogP contribution in [0.15, 0.2) is 52.3 Å². The molecule has 0 saturated heterocycles. The Labute approximate surface area is 165 Å². The molecule has 1 saturated carbocycles. The van der Waals surface area contributed by atoms with E-state index >= 15 is 0 Å². The number of nitrogens with one attached hydrogen (secondary N) is 3. The molecule has 9 nitrogen and oxygen atoms in total. The summed E-state index contributed by atoms with van der Waals surface area (Å²) in [7, 11) is 0. The van der Waals surface area contributed by atoms with Crippen molar-refractivity contribution in [1.29, 1.82) is 0 Å². The first-order valence-corrected chi connectivity index (χ1v) is 9.42. The Morgan fingerprint density at radius 3 is 2.79 bits per heavy atom. The minimum absolute atomic E-state index is 0.118. The fraction of sp³-hybridized carbons (Fsp3) is 0.300. The van der Waals surface area contributed by atoms with E-state index in [-0.39, 0.29) is 12.0 Å². The molecule has 0 spiro atoms. The first-order valence-electron chi connectivity index (χ1n) is 9.42. The van der Waals surface area contributed by atoms with E-state index in [1.54, 1.807) is 0 Å². The Morgan fingerprint density at radius 2 is 2.00 bits per heavy atom. The van der Waals surface area contributed by atoms with E-state index in [4.69, 9.17) is 0 Å². The molecule has 2 unspecified atom stereocenters. The summed E-state index contributed by atoms with van der Waals surface area (Å²) in [4.78, 5) is 39.2. The standard InChI is InChI=1S/C20H21N5O4/c26-17-16(23-20(29)24-19(17)28)18(27)22-15-7-6-13(8-15)14-9-21-25(11-14)10-12-4-2-1-3-5-12/h1-5,9,11,13,15,26H,6-8,10H2,(H,22,27)(H2,23,24,28,29). The van der Waals surface area contributed by atoms with Crippen LogP contribution in [0.4, 0.5) is 0 Å². The molecular weight excluding hydrogens is 374 g/mol. The molecule has 1 aliphatic carbocycles. The summed E-state index contributed by atoms with van der Waals surface area (Å²) >= 11 is 0. The summed E-state index contributed by atoms with van der Waals surface area (Å²) in [5, 5.41) is 17.0. The molecule has 0 bridgehead atoms. The van der Waals surface area contributed by atoms with E-state index in [0.29, 0.717) is 6.54 Å². The molecule has 150 valence electrons. The monoisotopic (exact) mass is 395 g/mol. The van der Waals surface area contributed by atoms with E-state index in [9.17, 15) is 19.5 Å². The summed E-state index contributed by atoms with van der Waals surface area (Å²) in [6.45, 7) is 0.697. The Bertz CT molecular complexity index is 1130. The second kappa shape index (κ2) is 7.78. The minimum atomic E-state index is -0.992. The predicted molar refractivity (Wildman–Crippen MR) is 105 cm³/mol. The second-order valence-corrected chi connectivity index (χ2v) is 7.27. The van der Waals surface area contributed by atoms with Gasteiger partial charge in [0.15, 0.2) is 5.69 Å². The van der Waals surface area contributed by atoms with Gasteiger partial charge in [-0.1, -0.05) is 30.3 Å². The van der Waals surface area contributed by atoms with Crippen molar-refractivity contribution in [2.45, 2.75) is 37.8 Å². The minimum Gasteiger partial charge on any atom is -0.501 e. The average Bonchev–Trinajstić information content (AvgIpc) is 3.35. The summed E-state index contributed by atoms with van der Waals surface area (Å²) in [6, 6.07) is 9.96. The molecule has 2 heterocycles. The highest BCUT2D eigenvalue weighted by Crippen LogP contribution is 2.34. The number of aromatic nitrogens is 4. The molecular formula is C20H21N5O4. The highest BCUT2D eigenvalue weighted by molar-refractivity contribution is 5.94. The van der Waals surface area contributed by atoms with Crippen molar-refractivity contribution in [2.24, 2.45) is 0 Å². The quantitative estimate of drug-likeness (QED) is 0.513. The van der Waals surface area contributed by atoms with Gasteiger partial charge in [-0.05, 0) is 36.3 Å². The van der Waals surface area contributed by atoms with Gasteiger partial charge in [0.25, 0.3) is 11.5 Å². The van der Waals surface area contributed by atoms with Crippen LogP contribution in [0.25, 0.3) is 0 Å². The largest absolute Gasteiger partial charge is 0.501 e. The van der Waals surface area contributed by atoms with Crippen LogP contribution in [-0.4, -0.2) is 36.8 Å². The summed E-state index contributed by atoms with van der Waals surface area (Å²) in [5.74, 6) is -1.20. The van der Waals surface area contributed by atoms with Crippen molar-refractivity contribution >= 4 is 5.91 Å². The number of carbonyl (C=O) groups excluding carboxylic acids is 1. The van der Waals surface area contributed by atoms with Crippen molar-refractivity contribution in [3.05, 3.63) is 80.4 Å². The van der Waals surface area contributed by atoms with E-state index in [2.05, 4.69) is 27.5 Å². The average molecular weight is 395 g/mol. The van der Waals surface area contributed by atoms with Crippen LogP contribution in [0.1, 0.15) is 46.8 Å². The number of nitrogens with zero attached hydrogens (tertiary/aromatic N) is 2. The van der Waals surface area contributed by atoms with Crippen LogP contribution in [-0.2, 0) is 6.54 Å². The van der Waals surface area contributed by atoms with Crippen LogP contribution >= 0.6 is 0 Å². The van der Waals surface area contributed by atoms with Gasteiger partial charge in [-0.2, -0.15) is 5.10 Å². The summed E-state index contributed by atoms with van der Waals surface area (Å²) in [6.07, 6.45) is 6.26. The molecule has 0 radical (unpaired) electrons. The van der Waals surface area contributed by atoms with Gasteiger partial charge in [0, 0.05) is 12.2 Å². The lowest BCUT2D eigenvalue weighted by molar-refractivity contribution is 0.0928. The van der Waals surface area contributed by atoms with E-state index in [1.807, 2.05) is 40.3 Å². The maximum absolute atomic E-state index is 12.4. The van der Waals surface area contributed by atoms with Crippen LogP contribution in [0.5, 0.6) is 5.75 Å². The molecule has 2 aromatic heterocycles. The van der Waals surface area contributed by atoms with Gasteiger partial charge < -0.3 is 10.4 Å². The maximum Gasteiger partial charge on any atom is 0.326 e. The lowest BCUT2D eigenvalue weighted by Crippen LogP contribution is -2.36. The smallest absolute Gasteiger partial charge is 0.326 e. The van der Waals surface area contributed by atoms with Gasteiger partial charge in [0.2, 0.25) is 5.75 Å². The molecule has 9 heteroatoms. The normalized spacial score (nSPS) is 18.6. The number of benzene rings is 1. The van der Waals surface area contributed by atoms with E-state index in [0.717, 1.165) is 24.8 Å². The van der Waals surface area contributed by atoms with Crippen LogP contribution in [0, 0.1) is 0 Å². The van der Waals surface area contributed by atoms with Gasteiger partial charge >= 0.3 is 5.69 Å². The molecule has 1 aliphatic rings. The highest BCUT2D eigenvalue weighted by atomic mass is 16.3. The number of rotatable bonds is 5. The molecule has 1 aromatic carbocycles. The Hall–Kier alpha value is -3.62. The third-order valence-corrected chi connectivity index (χ3v) is 5.22. The molecule has 29 heavy (non-hydrogen) atoms. The zero-order valence-corrected chi connectivity index (χ0v) is 15.6. The first-order chi connectivity index (χ1) is 14.0. The molecule has 4 rings (SSSR count). The van der Waals surface area contributed by atoms with Gasteiger partial charge in [0.05, 0.1) is 12.7 Å². The van der Waals surface area contributed by atoms with E-state index < -0.39 is 28.6 Å². The molecule has 1 amide bonds. The fourth-order valence-electron chi connectivity index (χ4n) is 3.76. The van der Waals surface area contributed by atoms with Gasteiger partial charge in [-0.3, -0.25) is 24.2 Å². The summed E-state index contributed by atoms with van der Waals surface area (Å²) in [5.41, 5.74) is 0.0374. The zero-order chi connectivity index (χ0) is 20.4. The van der Waals surface area contributed by atoms with Gasteiger partial charge in [-0.15, -0.1) is 0 Å². The molecule has 2 atom stereocenters. The Morgan fingerprint density at radius 1 is 1.21 bits per heavy atom. The SMILES string of the molecule is O=C(NC1CCC(c2cnn(Cc3ccccc3)c2)C1)c1[nH]c(=O)[nH]c(=O)c1O. The van der Waals surface area contributed by atoms with Gasteiger partial charge in [0.1, 0.15) is 0 Å². The number of aromatic amines is 2. The fourth-order valence-corrected chi connectivity index (χ4v) is 3.76. The number of amides is 1. The Balaban J connectivity index is 1.39. The first kappa shape index (κ1) is 18.7. The molecule has 4 N–H and O–H groups in total. The lowest BCUT2D eigenvalue weighted by atomic mass is 10.0. The summed E-state index contributed by atoms with van der Waals surface area (Å²) < 4.78 is 1.90. The second-order valence-electron chi connectivity index (χ2n) is 7.27. The van der Waals surface area contributed by atoms with Crippen molar-refractivity contribution in [3.63, 3.8) is 0 Å². The van der Waals surface area contributed by atoms with Crippen LogP contribution in [0.3, 0.4) is 0 Å². The third-order valence-electron chi connectivity index (χ3n) is 5.22. The predicted octanol–water partition coefficient (Wildman–Crippen LogP) is 1.08. The molecule has 1 fully saturated rings. The van der Waals surface area contributed by atoms with Crippen LogP contribution in [0.2, 0.25) is 0 Å². The number of carbonyl (C=O) groups is 1.